The van der Waals surface area contributed by atoms with Gasteiger partial charge in [0.25, 0.3) is 0 Å². The molecule has 0 N–H and O–H groups in total. The van der Waals surface area contributed by atoms with E-state index >= 15 is 0 Å². The predicted molar refractivity (Wildman–Crippen MR) is 107 cm³/mol. The van der Waals surface area contributed by atoms with Crippen LogP contribution in [0.15, 0.2) is 72.9 Å². The van der Waals surface area contributed by atoms with E-state index in [9.17, 15) is 4.79 Å². The molecule has 1 aromatic heterocycles. The number of Topliss-reactive ketones (excluding diaryl/α,β-unsaturated/α-hetero) is 1. The minimum Gasteiger partial charge on any atom is -0.378 e. The lowest BCUT2D eigenvalue weighted by Gasteiger charge is -2.27. The van der Waals surface area contributed by atoms with E-state index < -0.39 is 0 Å². The van der Waals surface area contributed by atoms with Gasteiger partial charge in [-0.25, -0.2) is 4.98 Å². The van der Waals surface area contributed by atoms with Crippen molar-refractivity contribution in [3.8, 4) is 11.1 Å². The zero-order valence-electron chi connectivity index (χ0n) is 15.2. The fraction of sp³-hybridized carbons (Fsp3) is 0.217. The Morgan fingerprint density at radius 3 is 2.44 bits per heavy atom. The summed E-state index contributed by atoms with van der Waals surface area (Å²) in [7, 11) is 0. The number of aromatic nitrogens is 1. The van der Waals surface area contributed by atoms with Gasteiger partial charge in [0.1, 0.15) is 5.82 Å². The third-order valence-electron chi connectivity index (χ3n) is 4.80. The number of nitrogens with zero attached hydrogens (tertiary/aromatic N) is 2. The van der Waals surface area contributed by atoms with E-state index in [1.807, 2.05) is 60.8 Å². The number of hydrogen-bond donors (Lipinski definition) is 0. The van der Waals surface area contributed by atoms with Crippen molar-refractivity contribution in [2.24, 2.45) is 0 Å². The lowest BCUT2D eigenvalue weighted by atomic mass is 9.99. The molecule has 2 heterocycles. The first-order chi connectivity index (χ1) is 13.3. The second-order valence-corrected chi connectivity index (χ2v) is 6.67. The van der Waals surface area contributed by atoms with Gasteiger partial charge in [0.05, 0.1) is 13.2 Å². The first-order valence-corrected chi connectivity index (χ1v) is 9.26. The average molecular weight is 358 g/mol. The number of benzene rings is 2. The van der Waals surface area contributed by atoms with E-state index in [0.717, 1.165) is 54.4 Å². The first kappa shape index (κ1) is 17.4. The van der Waals surface area contributed by atoms with Gasteiger partial charge in [-0.15, -0.1) is 0 Å². The number of anilines is 1. The van der Waals surface area contributed by atoms with Crippen LogP contribution in [0.3, 0.4) is 0 Å². The SMILES string of the molecule is O=C(Cc1ccc(N2CCOCC2)nc1)c1cccc(-c2ccccc2)c1. The van der Waals surface area contributed by atoms with Crippen molar-refractivity contribution in [2.45, 2.75) is 6.42 Å². The summed E-state index contributed by atoms with van der Waals surface area (Å²) in [6, 6.07) is 21.9. The summed E-state index contributed by atoms with van der Waals surface area (Å²) in [5.41, 5.74) is 3.83. The molecule has 1 saturated heterocycles. The highest BCUT2D eigenvalue weighted by molar-refractivity contribution is 5.98. The van der Waals surface area contributed by atoms with Crippen LogP contribution in [0, 0.1) is 0 Å². The Morgan fingerprint density at radius 1 is 0.926 bits per heavy atom. The minimum atomic E-state index is 0.105. The Morgan fingerprint density at radius 2 is 1.70 bits per heavy atom. The Labute approximate surface area is 159 Å². The molecule has 0 amide bonds. The maximum atomic E-state index is 12.7. The third-order valence-corrected chi connectivity index (χ3v) is 4.80. The van der Waals surface area contributed by atoms with Crippen LogP contribution in [0.25, 0.3) is 11.1 Å². The number of hydrogen-bond acceptors (Lipinski definition) is 4. The van der Waals surface area contributed by atoms with Crippen LogP contribution < -0.4 is 4.90 Å². The molecular weight excluding hydrogens is 336 g/mol. The second-order valence-electron chi connectivity index (χ2n) is 6.67. The molecule has 136 valence electrons. The molecular formula is C23H22N2O2. The van der Waals surface area contributed by atoms with Crippen molar-refractivity contribution >= 4 is 11.6 Å². The normalized spacial score (nSPS) is 14.1. The molecule has 0 spiro atoms. The molecule has 0 bridgehead atoms. The van der Waals surface area contributed by atoms with E-state index in [0.29, 0.717) is 6.42 Å². The highest BCUT2D eigenvalue weighted by Crippen LogP contribution is 2.21. The predicted octanol–water partition coefficient (Wildman–Crippen LogP) is 4.01. The Balaban J connectivity index is 1.46. The lowest BCUT2D eigenvalue weighted by molar-refractivity contribution is 0.0993. The molecule has 1 aliphatic rings. The highest BCUT2D eigenvalue weighted by Gasteiger charge is 2.13. The van der Waals surface area contributed by atoms with Crippen molar-refractivity contribution in [1.29, 1.82) is 0 Å². The molecule has 27 heavy (non-hydrogen) atoms. The molecule has 2 aromatic carbocycles. The van der Waals surface area contributed by atoms with Crippen LogP contribution in [0.5, 0.6) is 0 Å². The molecule has 4 heteroatoms. The summed E-state index contributed by atoms with van der Waals surface area (Å²) in [6.07, 6.45) is 2.17. The van der Waals surface area contributed by atoms with Crippen molar-refractivity contribution in [2.75, 3.05) is 31.2 Å². The van der Waals surface area contributed by atoms with Crippen molar-refractivity contribution in [3.05, 3.63) is 84.1 Å². The van der Waals surface area contributed by atoms with Gasteiger partial charge in [0.15, 0.2) is 5.78 Å². The maximum absolute atomic E-state index is 12.7. The molecule has 0 saturated carbocycles. The van der Waals surface area contributed by atoms with Gasteiger partial charge in [-0.2, -0.15) is 0 Å². The number of rotatable bonds is 5. The van der Waals surface area contributed by atoms with Gasteiger partial charge in [0.2, 0.25) is 0 Å². The van der Waals surface area contributed by atoms with Gasteiger partial charge in [-0.1, -0.05) is 54.6 Å². The fourth-order valence-electron chi connectivity index (χ4n) is 3.29. The van der Waals surface area contributed by atoms with Gasteiger partial charge in [-0.05, 0) is 28.8 Å². The molecule has 1 fully saturated rings. The summed E-state index contributed by atoms with van der Waals surface area (Å²) in [5.74, 6) is 1.05. The first-order valence-electron chi connectivity index (χ1n) is 9.26. The summed E-state index contributed by atoms with van der Waals surface area (Å²) in [4.78, 5) is 19.5. The molecule has 0 radical (unpaired) electrons. The summed E-state index contributed by atoms with van der Waals surface area (Å²) < 4.78 is 5.37. The van der Waals surface area contributed by atoms with E-state index in [4.69, 9.17) is 4.74 Å². The molecule has 1 aliphatic heterocycles. The molecule has 4 rings (SSSR count). The number of pyridine rings is 1. The Bertz CT molecular complexity index is 901. The highest BCUT2D eigenvalue weighted by atomic mass is 16.5. The van der Waals surface area contributed by atoms with Gasteiger partial charge < -0.3 is 9.64 Å². The van der Waals surface area contributed by atoms with Gasteiger partial charge in [-0.3, -0.25) is 4.79 Å². The Hall–Kier alpha value is -2.98. The largest absolute Gasteiger partial charge is 0.378 e. The van der Waals surface area contributed by atoms with Crippen molar-refractivity contribution in [1.82, 2.24) is 4.98 Å². The van der Waals surface area contributed by atoms with E-state index in [-0.39, 0.29) is 5.78 Å². The quantitative estimate of drug-likeness (QED) is 0.646. The molecule has 0 atom stereocenters. The lowest BCUT2D eigenvalue weighted by Crippen LogP contribution is -2.36. The van der Waals surface area contributed by atoms with Crippen LogP contribution in [0.4, 0.5) is 5.82 Å². The molecule has 3 aromatic rings. The van der Waals surface area contributed by atoms with Gasteiger partial charge in [0, 0.05) is 31.3 Å². The topological polar surface area (TPSA) is 42.4 Å². The average Bonchev–Trinajstić information content (AvgIpc) is 2.75. The smallest absolute Gasteiger partial charge is 0.167 e. The van der Waals surface area contributed by atoms with Crippen LogP contribution in [0.1, 0.15) is 15.9 Å². The number of ether oxygens (including phenoxy) is 1. The molecule has 4 nitrogen and oxygen atoms in total. The minimum absolute atomic E-state index is 0.105. The molecule has 0 aliphatic carbocycles. The number of carbonyl (C=O) groups excluding carboxylic acids is 1. The van der Waals surface area contributed by atoms with Gasteiger partial charge >= 0.3 is 0 Å². The zero-order valence-corrected chi connectivity index (χ0v) is 15.2. The second kappa shape index (κ2) is 8.14. The van der Waals surface area contributed by atoms with E-state index in [2.05, 4.69) is 22.0 Å². The summed E-state index contributed by atoms with van der Waals surface area (Å²) in [5, 5.41) is 0. The monoisotopic (exact) mass is 358 g/mol. The van der Waals surface area contributed by atoms with Crippen LogP contribution in [0.2, 0.25) is 0 Å². The number of ketones is 1. The number of morpholine rings is 1. The van der Waals surface area contributed by atoms with Crippen LogP contribution in [-0.4, -0.2) is 37.1 Å². The maximum Gasteiger partial charge on any atom is 0.167 e. The number of carbonyl (C=O) groups is 1. The zero-order chi connectivity index (χ0) is 18.5. The van der Waals surface area contributed by atoms with Crippen molar-refractivity contribution in [3.63, 3.8) is 0 Å². The fourth-order valence-corrected chi connectivity index (χ4v) is 3.29. The van der Waals surface area contributed by atoms with E-state index in [1.165, 1.54) is 0 Å². The molecule has 0 unspecified atom stereocenters. The Kier molecular flexibility index (Phi) is 5.26. The standard InChI is InChI=1S/C23H22N2O2/c26-22(21-8-4-7-20(16-21)19-5-2-1-3-6-19)15-18-9-10-23(24-17-18)25-11-13-27-14-12-25/h1-10,16-17H,11-15H2. The van der Waals surface area contributed by atoms with Crippen LogP contribution in [-0.2, 0) is 11.2 Å². The summed E-state index contributed by atoms with van der Waals surface area (Å²) in [6.45, 7) is 3.19. The van der Waals surface area contributed by atoms with Crippen molar-refractivity contribution < 1.29 is 9.53 Å². The van der Waals surface area contributed by atoms with E-state index in [1.54, 1.807) is 0 Å². The van der Waals surface area contributed by atoms with Crippen LogP contribution >= 0.6 is 0 Å². The third kappa shape index (κ3) is 4.23. The summed E-state index contributed by atoms with van der Waals surface area (Å²) >= 11 is 0.